The number of carbonyl (C=O) groups excluding carboxylic acids is 2. The van der Waals surface area contributed by atoms with Gasteiger partial charge < -0.3 is 14.6 Å². The Kier molecular flexibility index (Phi) is 5.89. The van der Waals surface area contributed by atoms with E-state index in [1.807, 2.05) is 13.8 Å². The smallest absolute Gasteiger partial charge is 0.291 e. The van der Waals surface area contributed by atoms with Crippen LogP contribution in [0.2, 0.25) is 0 Å². The lowest BCUT2D eigenvalue weighted by molar-refractivity contribution is 0.0752. The second-order valence-corrected chi connectivity index (χ2v) is 6.41. The van der Waals surface area contributed by atoms with Gasteiger partial charge in [0.25, 0.3) is 11.8 Å². The van der Waals surface area contributed by atoms with Gasteiger partial charge in [0.15, 0.2) is 5.76 Å². The highest BCUT2D eigenvalue weighted by Gasteiger charge is 2.17. The van der Waals surface area contributed by atoms with Gasteiger partial charge in [-0.1, -0.05) is 18.2 Å². The van der Waals surface area contributed by atoms with E-state index in [0.29, 0.717) is 29.9 Å². The van der Waals surface area contributed by atoms with Crippen LogP contribution in [0.3, 0.4) is 0 Å². The molecule has 1 aromatic heterocycles. The SMILES string of the molecule is CCN(Cc1cccc(F)c1)C(=O)c1ccc(C)c(NC(=O)c2ccco2)c1. The van der Waals surface area contributed by atoms with E-state index in [4.69, 9.17) is 4.42 Å². The summed E-state index contributed by atoms with van der Waals surface area (Å²) in [7, 11) is 0. The maximum Gasteiger partial charge on any atom is 0.291 e. The molecule has 0 saturated heterocycles. The van der Waals surface area contributed by atoms with Crippen molar-refractivity contribution in [1.29, 1.82) is 0 Å². The summed E-state index contributed by atoms with van der Waals surface area (Å²) in [6, 6.07) is 14.5. The number of halogens is 1. The molecule has 28 heavy (non-hydrogen) atoms. The predicted octanol–water partition coefficient (Wildman–Crippen LogP) is 4.64. The van der Waals surface area contributed by atoms with Crippen LogP contribution in [0, 0.1) is 12.7 Å². The van der Waals surface area contributed by atoms with Crippen LogP contribution in [-0.2, 0) is 6.54 Å². The van der Waals surface area contributed by atoms with Crippen molar-refractivity contribution < 1.29 is 18.4 Å². The van der Waals surface area contributed by atoms with Crippen molar-refractivity contribution in [2.75, 3.05) is 11.9 Å². The molecule has 0 saturated carbocycles. The van der Waals surface area contributed by atoms with Gasteiger partial charge in [-0.2, -0.15) is 0 Å². The third-order valence-electron chi connectivity index (χ3n) is 4.41. The lowest BCUT2D eigenvalue weighted by Gasteiger charge is -2.22. The number of anilines is 1. The Morgan fingerprint density at radius 3 is 2.61 bits per heavy atom. The van der Waals surface area contributed by atoms with E-state index in [1.165, 1.54) is 18.4 Å². The normalized spacial score (nSPS) is 10.5. The minimum Gasteiger partial charge on any atom is -0.459 e. The lowest BCUT2D eigenvalue weighted by Crippen LogP contribution is -2.30. The zero-order valence-electron chi connectivity index (χ0n) is 15.7. The van der Waals surface area contributed by atoms with E-state index in [9.17, 15) is 14.0 Å². The van der Waals surface area contributed by atoms with Gasteiger partial charge in [-0.25, -0.2) is 4.39 Å². The summed E-state index contributed by atoms with van der Waals surface area (Å²) >= 11 is 0. The zero-order valence-corrected chi connectivity index (χ0v) is 15.7. The molecule has 3 aromatic rings. The van der Waals surface area contributed by atoms with Gasteiger partial charge in [0.05, 0.1) is 6.26 Å². The lowest BCUT2D eigenvalue weighted by atomic mass is 10.1. The first-order valence-electron chi connectivity index (χ1n) is 8.97. The summed E-state index contributed by atoms with van der Waals surface area (Å²) in [4.78, 5) is 26.8. The molecule has 0 aliphatic heterocycles. The third-order valence-corrected chi connectivity index (χ3v) is 4.41. The first-order chi connectivity index (χ1) is 13.5. The second-order valence-electron chi connectivity index (χ2n) is 6.41. The molecule has 0 bridgehead atoms. The fourth-order valence-electron chi connectivity index (χ4n) is 2.85. The number of nitrogens with zero attached hydrogens (tertiary/aromatic N) is 1. The molecule has 1 N–H and O–H groups in total. The van der Waals surface area contributed by atoms with Crippen molar-refractivity contribution in [1.82, 2.24) is 4.90 Å². The predicted molar refractivity (Wildman–Crippen MR) is 105 cm³/mol. The van der Waals surface area contributed by atoms with Crippen LogP contribution in [0.5, 0.6) is 0 Å². The number of aryl methyl sites for hydroxylation is 1. The summed E-state index contributed by atoms with van der Waals surface area (Å²) in [6.45, 7) is 4.48. The third kappa shape index (κ3) is 4.46. The van der Waals surface area contributed by atoms with Crippen LogP contribution >= 0.6 is 0 Å². The van der Waals surface area contributed by atoms with Crippen molar-refractivity contribution in [3.8, 4) is 0 Å². The number of rotatable bonds is 6. The second kappa shape index (κ2) is 8.52. The molecule has 0 atom stereocenters. The average molecular weight is 380 g/mol. The minimum absolute atomic E-state index is 0.192. The van der Waals surface area contributed by atoms with Gasteiger partial charge in [-0.05, 0) is 61.4 Å². The number of hydrogen-bond acceptors (Lipinski definition) is 3. The van der Waals surface area contributed by atoms with E-state index in [0.717, 1.165) is 5.56 Å². The first-order valence-corrected chi connectivity index (χ1v) is 8.97. The molecule has 144 valence electrons. The number of benzene rings is 2. The number of carbonyl (C=O) groups is 2. The molecule has 5 nitrogen and oxygen atoms in total. The van der Waals surface area contributed by atoms with Crippen molar-refractivity contribution in [2.45, 2.75) is 20.4 Å². The molecule has 0 radical (unpaired) electrons. The van der Waals surface area contributed by atoms with Crippen LogP contribution in [0.25, 0.3) is 0 Å². The summed E-state index contributed by atoms with van der Waals surface area (Å²) in [5.41, 5.74) is 2.52. The van der Waals surface area contributed by atoms with Crippen LogP contribution in [0.4, 0.5) is 10.1 Å². The molecule has 3 rings (SSSR count). The Bertz CT molecular complexity index is 983. The molecule has 0 aliphatic carbocycles. The molecule has 2 aromatic carbocycles. The Labute approximate surface area is 162 Å². The van der Waals surface area contributed by atoms with Crippen molar-refractivity contribution in [3.63, 3.8) is 0 Å². The van der Waals surface area contributed by atoms with Gasteiger partial charge in [0.2, 0.25) is 0 Å². The quantitative estimate of drug-likeness (QED) is 0.678. The summed E-state index contributed by atoms with van der Waals surface area (Å²) in [5, 5.41) is 2.77. The highest BCUT2D eigenvalue weighted by Crippen LogP contribution is 2.20. The average Bonchev–Trinajstić information content (AvgIpc) is 3.22. The highest BCUT2D eigenvalue weighted by molar-refractivity contribution is 6.03. The highest BCUT2D eigenvalue weighted by atomic mass is 19.1. The van der Waals surface area contributed by atoms with E-state index >= 15 is 0 Å². The van der Waals surface area contributed by atoms with E-state index in [2.05, 4.69) is 5.32 Å². The largest absolute Gasteiger partial charge is 0.459 e. The van der Waals surface area contributed by atoms with Crippen LogP contribution in [-0.4, -0.2) is 23.3 Å². The Hall–Kier alpha value is -3.41. The van der Waals surface area contributed by atoms with Crippen LogP contribution in [0.1, 0.15) is 39.0 Å². The van der Waals surface area contributed by atoms with E-state index < -0.39 is 0 Å². The minimum atomic E-state index is -0.384. The topological polar surface area (TPSA) is 62.6 Å². The molecule has 0 aliphatic rings. The molecule has 0 fully saturated rings. The molecule has 1 heterocycles. The van der Waals surface area contributed by atoms with Crippen LogP contribution in [0.15, 0.2) is 65.3 Å². The van der Waals surface area contributed by atoms with Gasteiger partial charge >= 0.3 is 0 Å². The molecule has 6 heteroatoms. The standard InChI is InChI=1S/C22H21FN2O3/c1-3-25(14-16-6-4-7-18(23)12-16)22(27)17-10-9-15(2)19(13-17)24-21(26)20-8-5-11-28-20/h4-13H,3,14H2,1-2H3,(H,24,26). The maximum absolute atomic E-state index is 13.4. The monoisotopic (exact) mass is 380 g/mol. The van der Waals surface area contributed by atoms with Gasteiger partial charge in [0.1, 0.15) is 5.82 Å². The van der Waals surface area contributed by atoms with E-state index in [-0.39, 0.29) is 23.4 Å². The van der Waals surface area contributed by atoms with Gasteiger partial charge in [-0.3, -0.25) is 9.59 Å². The summed E-state index contributed by atoms with van der Waals surface area (Å²) in [6.07, 6.45) is 1.42. The van der Waals surface area contributed by atoms with E-state index in [1.54, 1.807) is 47.4 Å². The maximum atomic E-state index is 13.4. The first kappa shape index (κ1) is 19.4. The molecule has 2 amide bonds. The van der Waals surface area contributed by atoms with Gasteiger partial charge in [0, 0.05) is 24.3 Å². The van der Waals surface area contributed by atoms with Crippen LogP contribution < -0.4 is 5.32 Å². The molecular weight excluding hydrogens is 359 g/mol. The molecule has 0 spiro atoms. The van der Waals surface area contributed by atoms with Gasteiger partial charge in [-0.15, -0.1) is 0 Å². The fourth-order valence-corrected chi connectivity index (χ4v) is 2.85. The summed E-state index contributed by atoms with van der Waals surface area (Å²) < 4.78 is 18.5. The summed E-state index contributed by atoms with van der Waals surface area (Å²) in [5.74, 6) is -0.721. The number of amides is 2. The van der Waals surface area contributed by atoms with Crippen molar-refractivity contribution in [3.05, 3.63) is 89.1 Å². The number of nitrogens with one attached hydrogen (secondary N) is 1. The number of hydrogen-bond donors (Lipinski definition) is 1. The Balaban J connectivity index is 1.79. The van der Waals surface area contributed by atoms with Crippen molar-refractivity contribution in [2.24, 2.45) is 0 Å². The fraction of sp³-hybridized carbons (Fsp3) is 0.182. The zero-order chi connectivity index (χ0) is 20.1. The Morgan fingerprint density at radius 1 is 1.11 bits per heavy atom. The number of furan rings is 1. The Morgan fingerprint density at radius 2 is 1.93 bits per heavy atom. The molecular formula is C22H21FN2O3. The van der Waals surface area contributed by atoms with Crippen molar-refractivity contribution >= 4 is 17.5 Å². The molecule has 0 unspecified atom stereocenters.